The van der Waals surface area contributed by atoms with Crippen LogP contribution in [0.1, 0.15) is 24.1 Å². The molecule has 100 valence electrons. The largest absolute Gasteiger partial charge is 0.497 e. The van der Waals surface area contributed by atoms with Crippen molar-refractivity contribution in [2.45, 2.75) is 12.8 Å². The molecule has 0 amide bonds. The average molecular weight is 263 g/mol. The highest BCUT2D eigenvalue weighted by Gasteiger charge is 2.13. The molecule has 1 aliphatic carbocycles. The summed E-state index contributed by atoms with van der Waals surface area (Å²) in [5.74, 6) is 0.883. The third-order valence-corrected chi connectivity index (χ3v) is 3.55. The van der Waals surface area contributed by atoms with Gasteiger partial charge in [-0.2, -0.15) is 0 Å². The predicted octanol–water partition coefficient (Wildman–Crippen LogP) is 4.35. The smallest absolute Gasteiger partial charge is 0.118 e. The summed E-state index contributed by atoms with van der Waals surface area (Å²) in [6.07, 6.45) is 8.40. The molecule has 0 saturated heterocycles. The van der Waals surface area contributed by atoms with Crippen LogP contribution in [0.4, 0.5) is 0 Å². The van der Waals surface area contributed by atoms with Gasteiger partial charge >= 0.3 is 0 Å². The molecule has 1 aliphatic rings. The number of rotatable bonds is 3. The van der Waals surface area contributed by atoms with E-state index in [9.17, 15) is 0 Å². The molecule has 20 heavy (non-hydrogen) atoms. The van der Waals surface area contributed by atoms with E-state index in [1.165, 1.54) is 16.7 Å². The minimum atomic E-state index is 0.883. The van der Waals surface area contributed by atoms with E-state index in [0.29, 0.717) is 0 Å². The van der Waals surface area contributed by atoms with Crippen molar-refractivity contribution < 1.29 is 4.74 Å². The first-order valence-electron chi connectivity index (χ1n) is 6.84. The molecule has 0 spiro atoms. The molecule has 0 radical (unpaired) electrons. The summed E-state index contributed by atoms with van der Waals surface area (Å²) < 4.78 is 5.22. The third kappa shape index (κ3) is 2.50. The lowest BCUT2D eigenvalue weighted by molar-refractivity contribution is 0.415. The number of hydrogen-bond acceptors (Lipinski definition) is 2. The molecular weight excluding hydrogens is 246 g/mol. The first kappa shape index (κ1) is 12.7. The van der Waals surface area contributed by atoms with Crippen LogP contribution in [0.5, 0.6) is 5.75 Å². The van der Waals surface area contributed by atoms with Gasteiger partial charge in [-0.1, -0.05) is 30.4 Å². The van der Waals surface area contributed by atoms with E-state index in [4.69, 9.17) is 4.74 Å². The Morgan fingerprint density at radius 1 is 1.05 bits per heavy atom. The van der Waals surface area contributed by atoms with E-state index in [0.717, 1.165) is 24.3 Å². The Kier molecular flexibility index (Phi) is 3.64. The quantitative estimate of drug-likeness (QED) is 0.821. The number of benzene rings is 1. The molecule has 1 aromatic heterocycles. The Hall–Kier alpha value is -2.35. The standard InChI is InChI=1S/C18H17NO/c1-20-15-11-9-14(10-12-15)16-6-2-3-7-17(16)18-8-4-5-13-19-18/h2,4-6,8-13H,3,7H2,1H3. The fourth-order valence-corrected chi connectivity index (χ4v) is 2.51. The second-order valence-corrected chi connectivity index (χ2v) is 4.78. The maximum Gasteiger partial charge on any atom is 0.118 e. The van der Waals surface area contributed by atoms with E-state index in [-0.39, 0.29) is 0 Å². The van der Waals surface area contributed by atoms with Crippen molar-refractivity contribution in [1.82, 2.24) is 4.98 Å². The van der Waals surface area contributed by atoms with Crippen molar-refractivity contribution in [2.75, 3.05) is 7.11 Å². The number of hydrogen-bond donors (Lipinski definition) is 0. The summed E-state index contributed by atoms with van der Waals surface area (Å²) >= 11 is 0. The lowest BCUT2D eigenvalue weighted by Gasteiger charge is -2.16. The van der Waals surface area contributed by atoms with Crippen LogP contribution in [0.15, 0.2) is 60.8 Å². The molecule has 2 heteroatoms. The summed E-state index contributed by atoms with van der Waals surface area (Å²) in [6, 6.07) is 14.3. The highest BCUT2D eigenvalue weighted by atomic mass is 16.5. The lowest BCUT2D eigenvalue weighted by Crippen LogP contribution is -1.97. The van der Waals surface area contributed by atoms with Crippen molar-refractivity contribution in [3.05, 3.63) is 72.1 Å². The van der Waals surface area contributed by atoms with Crippen LogP contribution in [0.3, 0.4) is 0 Å². The van der Waals surface area contributed by atoms with Gasteiger partial charge in [0.1, 0.15) is 5.75 Å². The number of allylic oxidation sites excluding steroid dienone is 4. The molecule has 1 heterocycles. The van der Waals surface area contributed by atoms with Crippen LogP contribution < -0.4 is 4.74 Å². The third-order valence-electron chi connectivity index (χ3n) is 3.55. The van der Waals surface area contributed by atoms with Gasteiger partial charge in [-0.15, -0.1) is 0 Å². The Labute approximate surface area is 119 Å². The number of aromatic nitrogens is 1. The molecule has 1 aromatic carbocycles. The Bertz CT molecular complexity index is 639. The lowest BCUT2D eigenvalue weighted by atomic mass is 9.90. The molecule has 0 unspecified atom stereocenters. The molecule has 2 aromatic rings. The first-order chi connectivity index (χ1) is 9.88. The zero-order valence-electron chi connectivity index (χ0n) is 11.5. The van der Waals surface area contributed by atoms with Crippen LogP contribution >= 0.6 is 0 Å². The SMILES string of the molecule is COc1ccc(C2=C(c3ccccn3)CCC=C2)cc1. The van der Waals surface area contributed by atoms with Gasteiger partial charge in [0.2, 0.25) is 0 Å². The second-order valence-electron chi connectivity index (χ2n) is 4.78. The number of ether oxygens (including phenoxy) is 1. The summed E-state index contributed by atoms with van der Waals surface area (Å²) in [5, 5.41) is 0. The van der Waals surface area contributed by atoms with Gasteiger partial charge in [-0.25, -0.2) is 0 Å². The van der Waals surface area contributed by atoms with Gasteiger partial charge in [0.05, 0.1) is 12.8 Å². The van der Waals surface area contributed by atoms with E-state index < -0.39 is 0 Å². The monoisotopic (exact) mass is 263 g/mol. The first-order valence-corrected chi connectivity index (χ1v) is 6.84. The molecular formula is C18H17NO. The van der Waals surface area contributed by atoms with Gasteiger partial charge in [-0.05, 0) is 53.8 Å². The molecule has 3 rings (SSSR count). The predicted molar refractivity (Wildman–Crippen MR) is 82.4 cm³/mol. The zero-order chi connectivity index (χ0) is 13.8. The number of methoxy groups -OCH3 is 1. The summed E-state index contributed by atoms with van der Waals surface area (Å²) in [7, 11) is 1.69. The van der Waals surface area contributed by atoms with E-state index in [1.807, 2.05) is 30.5 Å². The van der Waals surface area contributed by atoms with E-state index in [2.05, 4.69) is 35.3 Å². The van der Waals surface area contributed by atoms with Crippen molar-refractivity contribution in [3.63, 3.8) is 0 Å². The maximum absolute atomic E-state index is 5.22. The van der Waals surface area contributed by atoms with Crippen molar-refractivity contribution in [2.24, 2.45) is 0 Å². The minimum Gasteiger partial charge on any atom is -0.497 e. The molecule has 0 fully saturated rings. The van der Waals surface area contributed by atoms with Crippen LogP contribution in [0, 0.1) is 0 Å². The number of nitrogens with zero attached hydrogens (tertiary/aromatic N) is 1. The molecule has 0 atom stereocenters. The molecule has 0 aliphatic heterocycles. The Morgan fingerprint density at radius 2 is 1.90 bits per heavy atom. The van der Waals surface area contributed by atoms with Gasteiger partial charge in [-0.3, -0.25) is 4.98 Å². The van der Waals surface area contributed by atoms with Crippen LogP contribution in [0.2, 0.25) is 0 Å². The number of pyridine rings is 1. The maximum atomic E-state index is 5.22. The van der Waals surface area contributed by atoms with Crippen molar-refractivity contribution in [3.8, 4) is 5.75 Å². The van der Waals surface area contributed by atoms with E-state index in [1.54, 1.807) is 7.11 Å². The van der Waals surface area contributed by atoms with Crippen LogP contribution in [-0.4, -0.2) is 12.1 Å². The zero-order valence-corrected chi connectivity index (χ0v) is 11.5. The summed E-state index contributed by atoms with van der Waals surface area (Å²) in [5.41, 5.74) is 4.86. The van der Waals surface area contributed by atoms with Crippen LogP contribution in [-0.2, 0) is 0 Å². The molecule has 2 nitrogen and oxygen atoms in total. The Balaban J connectivity index is 2.07. The van der Waals surface area contributed by atoms with Gasteiger partial charge in [0.25, 0.3) is 0 Å². The average Bonchev–Trinajstić information content (AvgIpc) is 2.56. The molecule has 0 saturated carbocycles. The Morgan fingerprint density at radius 3 is 2.60 bits per heavy atom. The summed E-state index contributed by atoms with van der Waals surface area (Å²) in [4.78, 5) is 4.50. The fraction of sp³-hybridized carbons (Fsp3) is 0.167. The van der Waals surface area contributed by atoms with Crippen molar-refractivity contribution in [1.29, 1.82) is 0 Å². The molecule has 0 N–H and O–H groups in total. The molecule has 0 bridgehead atoms. The highest BCUT2D eigenvalue weighted by Crippen LogP contribution is 2.33. The van der Waals surface area contributed by atoms with Crippen LogP contribution in [0.25, 0.3) is 11.1 Å². The van der Waals surface area contributed by atoms with Gasteiger partial charge in [0.15, 0.2) is 0 Å². The topological polar surface area (TPSA) is 22.1 Å². The fourth-order valence-electron chi connectivity index (χ4n) is 2.51. The normalized spacial score (nSPS) is 14.4. The summed E-state index contributed by atoms with van der Waals surface area (Å²) in [6.45, 7) is 0. The minimum absolute atomic E-state index is 0.883. The van der Waals surface area contributed by atoms with Gasteiger partial charge < -0.3 is 4.74 Å². The second kappa shape index (κ2) is 5.74. The van der Waals surface area contributed by atoms with Gasteiger partial charge in [0, 0.05) is 6.20 Å². The van der Waals surface area contributed by atoms with Crippen molar-refractivity contribution >= 4 is 11.1 Å². The highest BCUT2D eigenvalue weighted by molar-refractivity contribution is 5.95. The van der Waals surface area contributed by atoms with E-state index >= 15 is 0 Å².